The molecule has 0 radical (unpaired) electrons. The van der Waals surface area contributed by atoms with E-state index in [0.717, 1.165) is 23.8 Å². The number of carbonyl (C=O) groups excluding carboxylic acids is 6. The molecule has 7 heterocycles. The van der Waals surface area contributed by atoms with E-state index >= 15 is 0 Å². The van der Waals surface area contributed by atoms with E-state index in [1.54, 1.807) is 108 Å². The summed E-state index contributed by atoms with van der Waals surface area (Å²) in [5.74, 6) is -7.98. The number of nitrogens with one attached hydrogen (secondary N) is 6. The van der Waals surface area contributed by atoms with Gasteiger partial charge in [0.1, 0.15) is 52.7 Å². The van der Waals surface area contributed by atoms with E-state index < -0.39 is 136 Å². The number of H-pyrrole nitrogens is 4. The summed E-state index contributed by atoms with van der Waals surface area (Å²) >= 11 is 9.82. The van der Waals surface area contributed by atoms with Crippen LogP contribution >= 0.6 is 24.4 Å². The van der Waals surface area contributed by atoms with Gasteiger partial charge in [0.2, 0.25) is 11.9 Å². The Labute approximate surface area is 668 Å². The van der Waals surface area contributed by atoms with E-state index in [2.05, 4.69) is 70.4 Å². The van der Waals surface area contributed by atoms with E-state index in [9.17, 15) is 63.9 Å². The Morgan fingerprint density at radius 1 is 0.796 bits per heavy atom. The van der Waals surface area contributed by atoms with Crippen molar-refractivity contribution in [3.8, 4) is 0 Å². The van der Waals surface area contributed by atoms with Gasteiger partial charge < -0.3 is 107 Å². The van der Waals surface area contributed by atoms with Crippen molar-refractivity contribution < 1.29 is 114 Å². The molecule has 13 rings (SSSR count). The van der Waals surface area contributed by atoms with Crippen molar-refractivity contribution in [3.63, 3.8) is 0 Å². The molecule has 113 heavy (non-hydrogen) atoms. The Hall–Kier alpha value is -11.2. The monoisotopic (exact) mass is 1780 g/mol. The Bertz CT molecular complexity index is 5210. The van der Waals surface area contributed by atoms with Crippen molar-refractivity contribution in [3.05, 3.63) is 153 Å². The Morgan fingerprint density at radius 3 is 2.03 bits per heavy atom. The number of esters is 3. The number of benzene rings is 3. The molecule has 18 N–H and O–H groups in total. The number of alkyl carbamates (subject to hydrolysis) is 1. The molecule has 3 aliphatic carbocycles. The normalized spacial score (nSPS) is 22.6. The Balaban J connectivity index is 0.000000219. The number of hydrogen-bond donors (Lipinski definition) is 15. The van der Waals surface area contributed by atoms with Gasteiger partial charge in [0.15, 0.2) is 55.0 Å². The van der Waals surface area contributed by atoms with Gasteiger partial charge in [-0.15, -0.1) is 0 Å². The number of carbonyl (C=O) groups is 8. The number of ether oxygens (including phenoxy) is 5. The van der Waals surface area contributed by atoms with Crippen LogP contribution in [0.2, 0.25) is 0 Å². The van der Waals surface area contributed by atoms with Gasteiger partial charge in [-0.25, -0.2) is 49.1 Å². The minimum atomic E-state index is -2.35. The summed E-state index contributed by atoms with van der Waals surface area (Å²) in [6.45, 7) is 12.2. The summed E-state index contributed by atoms with van der Waals surface area (Å²) in [5.41, 5.74) is 13.8. The number of aliphatic hydroxyl groups excluding tert-OH is 3. The molecule has 2 amide bonds. The Morgan fingerprint density at radius 2 is 1.42 bits per heavy atom. The number of Topliss-reactive ketones (excluding diaryl/α,β-unsaturated/α-hetero) is 1. The van der Waals surface area contributed by atoms with Gasteiger partial charge in [0, 0.05) is 71.0 Å². The number of carboxylic acids is 2. The van der Waals surface area contributed by atoms with Crippen LogP contribution in [0.3, 0.4) is 0 Å². The number of hydrogen-bond acceptors (Lipinski definition) is 31. The number of nitrogens with zero attached hydrogens (tertiary/aromatic N) is 9. The van der Waals surface area contributed by atoms with Gasteiger partial charge in [-0.05, 0) is 94.1 Å². The van der Waals surface area contributed by atoms with E-state index in [1.807, 2.05) is 11.9 Å². The SMILES string of the molecule is CC(=O)O[C@@]12CO[C@@H]1C[C@H](O)[C@@]1(C)C(=O)[C@H](O)C3=C(C)[C@@H](OC(=O)[C@H](O)[C@@H](NC(=O)OC(C)(C)C)c4ccccc4)C[C@@](O)([C@@H](OC(=O)c4ccccc4)[C@H]21)C3(C)C.CN(Cc1cnc2nc(N)nc(N)c2n1)c1ccc(C(=O)N[C@@H](CCC(=O)O)C(=O)O)cc1.Nc1nc(=S)c2[nH]cnc2[nH]1.S=c1nc[nH]c2nc[nH]c12.[Pt]. The average Bonchev–Trinajstić information content (AvgIpc) is 0.900. The number of ketones is 1. The number of aromatic amines is 4. The predicted molar refractivity (Wildman–Crippen MR) is 404 cm³/mol. The summed E-state index contributed by atoms with van der Waals surface area (Å²) in [6, 6.07) is 19.8. The van der Waals surface area contributed by atoms with Crippen LogP contribution in [0.1, 0.15) is 119 Å². The van der Waals surface area contributed by atoms with Crippen molar-refractivity contribution >= 4 is 129 Å². The third-order valence-corrected chi connectivity index (χ3v) is 20.5. The second-order valence-electron chi connectivity index (χ2n) is 28.7. The Kier molecular flexibility index (Phi) is 26.4. The summed E-state index contributed by atoms with van der Waals surface area (Å²) in [4.78, 5) is 149. The quantitative estimate of drug-likeness (QED) is 0.0243. The number of carboxylic acid groups (broad SMARTS) is 2. The third-order valence-electron chi connectivity index (χ3n) is 19.8. The number of aliphatic hydroxyl groups is 4. The smallest absolute Gasteiger partial charge is 0.408 e. The number of aliphatic carboxylic acids is 2. The third kappa shape index (κ3) is 18.5. The van der Waals surface area contributed by atoms with E-state index in [0.29, 0.717) is 49.4 Å². The maximum atomic E-state index is 14.9. The van der Waals surface area contributed by atoms with Crippen LogP contribution in [-0.2, 0) is 75.3 Å². The zero-order chi connectivity index (χ0) is 81.7. The summed E-state index contributed by atoms with van der Waals surface area (Å²) in [7, 11) is 1.82. The predicted octanol–water partition coefficient (Wildman–Crippen LogP) is 5.14. The molecule has 3 fully saturated rings. The molecule has 1 aliphatic heterocycles. The average molecular weight is 1780 g/mol. The molecule has 12 atom stereocenters. The molecule has 602 valence electrons. The van der Waals surface area contributed by atoms with Crippen LogP contribution in [0.15, 0.2) is 121 Å². The number of aromatic nitrogens is 12. The van der Waals surface area contributed by atoms with Gasteiger partial charge in [-0.1, -0.05) is 86.8 Å². The van der Waals surface area contributed by atoms with Gasteiger partial charge in [-0.2, -0.15) is 9.97 Å². The number of imidazole rings is 2. The first-order valence-electron chi connectivity index (χ1n) is 34.8. The molecule has 9 aromatic rings. The minimum absolute atomic E-state index is 0. The molecule has 6 aromatic heterocycles. The first kappa shape index (κ1) is 85.8. The first-order valence-corrected chi connectivity index (χ1v) is 35.6. The van der Waals surface area contributed by atoms with Gasteiger partial charge in [0.05, 0.1) is 73.1 Å². The number of nitrogen functional groups attached to an aromatic ring is 3. The minimum Gasteiger partial charge on any atom is -0.481 e. The topological polar surface area (TPSA) is 576 Å². The van der Waals surface area contributed by atoms with Gasteiger partial charge in [0.25, 0.3) is 5.91 Å². The van der Waals surface area contributed by atoms with E-state index in [4.69, 9.17) is 70.4 Å². The van der Waals surface area contributed by atoms with Gasteiger partial charge in [-0.3, -0.25) is 19.2 Å². The fourth-order valence-corrected chi connectivity index (χ4v) is 14.7. The van der Waals surface area contributed by atoms with Crippen LogP contribution in [0.4, 0.5) is 28.2 Å². The standard InChI is InChI=1S/C43H53NO14.C20H22N8O5.C5H5N5S.C5H4N4S.Pt/c1-22-26(55-37(51)32(48)30(24-15-11-9-12-16-24)44-38(52)58-39(3,4)5)20-43(53)35(56-36(50)25-17-13-10-14-18-25)33-41(8,34(49)31(47)29(22)40(43,6)7)27(46)19-28-42(33,21-54-28)57-23(2)45;1-28(9-11-8-23-17-15(24-11)16(21)26-20(22)27-17)12-4-2-10(3-5-12)18(31)25-13(19(32)33)6-7-14(29)30;6-5-9-3-2(4(11)10-5)7-1-8-3;10-5-3-4(7-1-6-3)8-2-9-5;/h9-18,26-28,30-33,35,46-48,53H,19-21H2,1-8H3,(H,44,52);2-5,8,13H,6-7,9H2,1H3,(H,25,31)(H,29,30)(H,32,33)(H4,21,22,23,26,27);1H,(H4,6,7,8,9,10,11);1-2H,(H2,6,7,8,9,10);/t26-,27-,28+,30-,31+,32+,33-,35-,41+,42-,43+;13-;;;/m00.../s1. The second-order valence-corrected chi connectivity index (χ2v) is 29.4. The van der Waals surface area contributed by atoms with Crippen LogP contribution in [0, 0.1) is 26.0 Å². The first-order chi connectivity index (χ1) is 52.8. The fraction of sp³-hybridized carbons (Fsp3) is 0.397. The molecule has 40 heteroatoms. The van der Waals surface area contributed by atoms with Crippen molar-refractivity contribution in [2.75, 3.05) is 35.8 Å². The van der Waals surface area contributed by atoms with Crippen LogP contribution in [-0.4, -0.2) is 211 Å². The largest absolute Gasteiger partial charge is 0.481 e. The summed E-state index contributed by atoms with van der Waals surface area (Å²) in [6.07, 6.45) is -5.86. The molecule has 0 spiro atoms. The molecular formula is C73H84N18O19PtS2. The molecule has 37 nitrogen and oxygen atoms in total. The number of fused-ring (bicyclic) bond motifs is 8. The number of nitrogens with two attached hydrogens (primary N) is 3. The zero-order valence-electron chi connectivity index (χ0n) is 62.2. The maximum Gasteiger partial charge on any atom is 0.408 e. The van der Waals surface area contributed by atoms with Crippen molar-refractivity contribution in [1.82, 2.24) is 70.4 Å². The molecule has 2 saturated carbocycles. The summed E-state index contributed by atoms with van der Waals surface area (Å²) in [5, 5.41) is 71.8. The number of anilines is 4. The molecule has 3 aromatic carbocycles. The maximum absolute atomic E-state index is 14.9. The fourth-order valence-electron chi connectivity index (χ4n) is 14.2. The van der Waals surface area contributed by atoms with Crippen molar-refractivity contribution in [2.24, 2.45) is 16.7 Å². The number of rotatable bonds is 17. The molecule has 4 aliphatic rings. The van der Waals surface area contributed by atoms with E-state index in [1.165, 1.54) is 50.8 Å². The number of amides is 2. The summed E-state index contributed by atoms with van der Waals surface area (Å²) < 4.78 is 30.5. The van der Waals surface area contributed by atoms with Crippen molar-refractivity contribution in [2.45, 2.75) is 153 Å². The molecule has 1 saturated heterocycles. The second kappa shape index (κ2) is 34.8. The van der Waals surface area contributed by atoms with Crippen LogP contribution in [0.5, 0.6) is 0 Å². The van der Waals surface area contributed by atoms with Crippen LogP contribution in [0.25, 0.3) is 33.5 Å². The van der Waals surface area contributed by atoms with Gasteiger partial charge >= 0.3 is 35.9 Å². The zero-order valence-corrected chi connectivity index (χ0v) is 66.1. The molecular weight excluding hydrogens is 1690 g/mol. The van der Waals surface area contributed by atoms with Crippen molar-refractivity contribution in [1.29, 1.82) is 0 Å². The molecule has 2 bridgehead atoms. The molecule has 0 unspecified atom stereocenters. The van der Waals surface area contributed by atoms with E-state index in [-0.39, 0.29) is 86.9 Å². The van der Waals surface area contributed by atoms with Crippen LogP contribution < -0.4 is 32.7 Å².